The highest BCUT2D eigenvalue weighted by molar-refractivity contribution is 6.15. The highest BCUT2D eigenvalue weighted by Gasteiger charge is 2.22. The summed E-state index contributed by atoms with van der Waals surface area (Å²) in [7, 11) is 0. The van der Waals surface area contributed by atoms with E-state index in [4.69, 9.17) is 4.99 Å². The van der Waals surface area contributed by atoms with Crippen LogP contribution in [0.25, 0.3) is 32.7 Å². The average molecular weight is 269 g/mol. The lowest BCUT2D eigenvalue weighted by atomic mass is 9.94. The predicted molar refractivity (Wildman–Crippen MR) is 85.0 cm³/mol. The van der Waals surface area contributed by atoms with Gasteiger partial charge in [0.05, 0.1) is 16.6 Å². The molecule has 98 valence electrons. The van der Waals surface area contributed by atoms with Crippen LogP contribution in [0.3, 0.4) is 0 Å². The van der Waals surface area contributed by atoms with Gasteiger partial charge in [0.1, 0.15) is 5.75 Å². The summed E-state index contributed by atoms with van der Waals surface area (Å²) in [6.45, 7) is 0. The Hall–Kier alpha value is -2.87. The largest absolute Gasteiger partial charge is 0.507 e. The summed E-state index contributed by atoms with van der Waals surface area (Å²) in [5.74, 6) is 0.336. The molecule has 0 unspecified atom stereocenters. The van der Waals surface area contributed by atoms with Crippen molar-refractivity contribution in [3.8, 4) is 16.9 Å². The Kier molecular flexibility index (Phi) is 1.87. The number of phenols is 1. The highest BCUT2D eigenvalue weighted by Crippen LogP contribution is 2.43. The number of hydrogen-bond donors (Lipinski definition) is 1. The fraction of sp³-hybridized carbons (Fsp3) is 0. The van der Waals surface area contributed by atoms with Crippen molar-refractivity contribution in [1.29, 1.82) is 0 Å². The standard InChI is InChI=1S/C19H11NO/c21-19-14-9-4-6-11-5-3-8-13(16(11)14)18-17(19)12-7-1-2-10-15(12)20-18/h1-10,21H. The van der Waals surface area contributed by atoms with E-state index < -0.39 is 0 Å². The molecule has 0 aliphatic carbocycles. The molecule has 2 heteroatoms. The first-order chi connectivity index (χ1) is 10.3. The zero-order valence-electron chi connectivity index (χ0n) is 11.2. The van der Waals surface area contributed by atoms with E-state index in [2.05, 4.69) is 18.2 Å². The SMILES string of the molecule is Oc1c2c(c3cccc4cccc1c43)=Nc1ccccc1-2. The lowest BCUT2D eigenvalue weighted by molar-refractivity contribution is 0.483. The first kappa shape index (κ1) is 10.9. The molecule has 0 atom stereocenters. The third-order valence-corrected chi connectivity index (χ3v) is 4.29. The Morgan fingerprint density at radius 2 is 1.52 bits per heavy atom. The topological polar surface area (TPSA) is 32.6 Å². The van der Waals surface area contributed by atoms with Gasteiger partial charge in [-0.1, -0.05) is 54.6 Å². The van der Waals surface area contributed by atoms with Crippen LogP contribution < -0.4 is 5.36 Å². The van der Waals surface area contributed by atoms with E-state index >= 15 is 0 Å². The lowest BCUT2D eigenvalue weighted by Crippen LogP contribution is -2.04. The molecule has 5 rings (SSSR count). The van der Waals surface area contributed by atoms with E-state index in [1.807, 2.05) is 42.5 Å². The van der Waals surface area contributed by atoms with Gasteiger partial charge in [-0.3, -0.25) is 0 Å². The van der Waals surface area contributed by atoms with Crippen LogP contribution in [-0.2, 0) is 0 Å². The zero-order valence-corrected chi connectivity index (χ0v) is 11.2. The van der Waals surface area contributed by atoms with Gasteiger partial charge in [-0.05, 0) is 11.5 Å². The summed E-state index contributed by atoms with van der Waals surface area (Å²) in [4.78, 5) is 4.75. The molecule has 1 heterocycles. The van der Waals surface area contributed by atoms with Crippen LogP contribution in [-0.4, -0.2) is 5.11 Å². The van der Waals surface area contributed by atoms with Gasteiger partial charge in [0, 0.05) is 21.7 Å². The molecular formula is C19H11NO. The minimum Gasteiger partial charge on any atom is -0.507 e. The molecule has 2 nitrogen and oxygen atoms in total. The Morgan fingerprint density at radius 3 is 2.38 bits per heavy atom. The van der Waals surface area contributed by atoms with Gasteiger partial charge in [-0.25, -0.2) is 4.99 Å². The summed E-state index contributed by atoms with van der Waals surface area (Å²) in [5.41, 5.74) is 2.80. The molecule has 0 bridgehead atoms. The first-order valence-electron chi connectivity index (χ1n) is 6.99. The van der Waals surface area contributed by atoms with Crippen LogP contribution in [0.5, 0.6) is 5.75 Å². The van der Waals surface area contributed by atoms with Gasteiger partial charge in [-0.2, -0.15) is 0 Å². The lowest BCUT2D eigenvalue weighted by Gasteiger charge is -2.10. The molecule has 1 N–H and O–H groups in total. The van der Waals surface area contributed by atoms with Crippen LogP contribution in [0.15, 0.2) is 65.7 Å². The van der Waals surface area contributed by atoms with Crippen molar-refractivity contribution in [2.24, 2.45) is 4.99 Å². The molecule has 4 aromatic carbocycles. The quantitative estimate of drug-likeness (QED) is 0.445. The van der Waals surface area contributed by atoms with E-state index in [0.717, 1.165) is 43.7 Å². The Labute approximate surface area is 121 Å². The molecular weight excluding hydrogens is 258 g/mol. The second-order valence-corrected chi connectivity index (χ2v) is 5.41. The Morgan fingerprint density at radius 1 is 0.762 bits per heavy atom. The van der Waals surface area contributed by atoms with Crippen molar-refractivity contribution in [2.75, 3.05) is 0 Å². The third kappa shape index (κ3) is 1.24. The van der Waals surface area contributed by atoms with Crippen molar-refractivity contribution in [1.82, 2.24) is 0 Å². The van der Waals surface area contributed by atoms with Gasteiger partial charge in [0.15, 0.2) is 0 Å². The van der Waals surface area contributed by atoms with Gasteiger partial charge < -0.3 is 5.11 Å². The molecule has 1 aliphatic rings. The Bertz CT molecular complexity index is 1090. The van der Waals surface area contributed by atoms with Crippen molar-refractivity contribution >= 4 is 27.2 Å². The molecule has 4 aromatic rings. The van der Waals surface area contributed by atoms with Crippen molar-refractivity contribution in [3.63, 3.8) is 0 Å². The molecule has 0 radical (unpaired) electrons. The van der Waals surface area contributed by atoms with Crippen LogP contribution in [0.1, 0.15) is 0 Å². The van der Waals surface area contributed by atoms with Crippen molar-refractivity contribution in [2.45, 2.75) is 0 Å². The number of phenolic OH excluding ortho intramolecular Hbond substituents is 1. The van der Waals surface area contributed by atoms with E-state index in [1.54, 1.807) is 0 Å². The van der Waals surface area contributed by atoms with Gasteiger partial charge in [0.2, 0.25) is 0 Å². The fourth-order valence-corrected chi connectivity index (χ4v) is 3.39. The smallest absolute Gasteiger partial charge is 0.133 e. The first-order valence-corrected chi connectivity index (χ1v) is 6.99. The Balaban J connectivity index is 2.14. The number of para-hydroxylation sites is 1. The van der Waals surface area contributed by atoms with Crippen LogP contribution >= 0.6 is 0 Å². The minimum absolute atomic E-state index is 0.336. The molecule has 21 heavy (non-hydrogen) atoms. The highest BCUT2D eigenvalue weighted by atomic mass is 16.3. The number of rotatable bonds is 0. The molecule has 0 aromatic heterocycles. The maximum atomic E-state index is 10.8. The molecule has 0 saturated heterocycles. The van der Waals surface area contributed by atoms with Gasteiger partial charge in [0.25, 0.3) is 0 Å². The van der Waals surface area contributed by atoms with Gasteiger partial charge in [-0.15, -0.1) is 0 Å². The molecule has 1 aliphatic heterocycles. The normalized spacial score (nSPS) is 12.4. The van der Waals surface area contributed by atoms with E-state index in [0.29, 0.717) is 5.75 Å². The van der Waals surface area contributed by atoms with Crippen molar-refractivity contribution in [3.05, 3.63) is 66.0 Å². The number of fused-ring (bicyclic) bond motifs is 4. The van der Waals surface area contributed by atoms with Crippen molar-refractivity contribution < 1.29 is 5.11 Å². The summed E-state index contributed by atoms with van der Waals surface area (Å²) in [6.07, 6.45) is 0. The fourth-order valence-electron chi connectivity index (χ4n) is 3.39. The second kappa shape index (κ2) is 3.61. The number of nitrogens with zero attached hydrogens (tertiary/aromatic N) is 1. The molecule has 0 spiro atoms. The number of hydrogen-bond acceptors (Lipinski definition) is 2. The summed E-state index contributed by atoms with van der Waals surface area (Å²) in [6, 6.07) is 20.2. The third-order valence-electron chi connectivity index (χ3n) is 4.29. The summed E-state index contributed by atoms with van der Waals surface area (Å²) in [5, 5.41) is 15.9. The number of benzene rings is 4. The molecule has 0 fully saturated rings. The van der Waals surface area contributed by atoms with E-state index in [-0.39, 0.29) is 0 Å². The summed E-state index contributed by atoms with van der Waals surface area (Å²) >= 11 is 0. The van der Waals surface area contributed by atoms with Crippen LogP contribution in [0.2, 0.25) is 0 Å². The molecule has 0 amide bonds. The zero-order chi connectivity index (χ0) is 14.0. The van der Waals surface area contributed by atoms with E-state index in [9.17, 15) is 5.11 Å². The number of aromatic hydroxyl groups is 1. The average Bonchev–Trinajstić information content (AvgIpc) is 2.92. The van der Waals surface area contributed by atoms with Crippen LogP contribution in [0.4, 0.5) is 5.69 Å². The minimum atomic E-state index is 0.336. The predicted octanol–water partition coefficient (Wildman–Crippen LogP) is 4.35. The monoisotopic (exact) mass is 269 g/mol. The maximum absolute atomic E-state index is 10.8. The van der Waals surface area contributed by atoms with E-state index in [1.165, 1.54) is 0 Å². The van der Waals surface area contributed by atoms with Gasteiger partial charge >= 0.3 is 0 Å². The maximum Gasteiger partial charge on any atom is 0.133 e. The van der Waals surface area contributed by atoms with Crippen LogP contribution in [0, 0.1) is 0 Å². The molecule has 0 saturated carbocycles. The second-order valence-electron chi connectivity index (χ2n) is 5.41. The summed E-state index contributed by atoms with van der Waals surface area (Å²) < 4.78 is 0.